The summed E-state index contributed by atoms with van der Waals surface area (Å²) in [5.41, 5.74) is -0.904. The van der Waals surface area contributed by atoms with Crippen molar-refractivity contribution in [1.82, 2.24) is 25.5 Å². The molecule has 20 heavy (non-hydrogen) atoms. The Balaban J connectivity index is 1.91. The summed E-state index contributed by atoms with van der Waals surface area (Å²) >= 11 is 1.52. The number of carbonyl (C=O) groups is 1. The molecule has 112 valence electrons. The Morgan fingerprint density at radius 3 is 2.85 bits per heavy atom. The summed E-state index contributed by atoms with van der Waals surface area (Å²) in [4.78, 5) is 11.2. The SMILES string of the molecule is CNC(C)(CCSc1nnnn1C1CCCC1)C(=O)O. The Kier molecular flexibility index (Phi) is 4.98. The normalized spacial score (nSPS) is 19.1. The van der Waals surface area contributed by atoms with Gasteiger partial charge in [0.1, 0.15) is 5.54 Å². The number of nitrogens with zero attached hydrogens (tertiary/aromatic N) is 4. The van der Waals surface area contributed by atoms with Gasteiger partial charge >= 0.3 is 5.97 Å². The minimum atomic E-state index is -0.904. The Labute approximate surface area is 122 Å². The molecule has 1 aliphatic rings. The van der Waals surface area contributed by atoms with Gasteiger partial charge in [-0.2, -0.15) is 0 Å². The molecule has 0 saturated heterocycles. The molecule has 2 rings (SSSR count). The highest BCUT2D eigenvalue weighted by Gasteiger charge is 2.31. The molecular weight excluding hydrogens is 278 g/mol. The number of hydrogen-bond donors (Lipinski definition) is 2. The zero-order valence-electron chi connectivity index (χ0n) is 11.9. The lowest BCUT2D eigenvalue weighted by molar-refractivity contribution is -0.144. The first-order chi connectivity index (χ1) is 9.57. The van der Waals surface area contributed by atoms with E-state index in [1.165, 1.54) is 24.6 Å². The number of likely N-dealkylation sites (N-methyl/N-ethyl adjacent to an activating group) is 1. The highest BCUT2D eigenvalue weighted by molar-refractivity contribution is 7.99. The summed E-state index contributed by atoms with van der Waals surface area (Å²) in [6, 6.07) is 0.405. The van der Waals surface area contributed by atoms with Crippen LogP contribution >= 0.6 is 11.8 Å². The zero-order chi connectivity index (χ0) is 14.6. The van der Waals surface area contributed by atoms with Crippen LogP contribution in [0, 0.1) is 0 Å². The van der Waals surface area contributed by atoms with Crippen molar-refractivity contribution in [3.8, 4) is 0 Å². The van der Waals surface area contributed by atoms with Gasteiger partial charge in [0.05, 0.1) is 6.04 Å². The molecule has 1 heterocycles. The van der Waals surface area contributed by atoms with Crippen molar-refractivity contribution in [1.29, 1.82) is 0 Å². The number of carboxylic acids is 1. The fraction of sp³-hybridized carbons (Fsp3) is 0.833. The molecular formula is C12H21N5O2S. The second-order valence-corrected chi connectivity index (χ2v) is 6.39. The largest absolute Gasteiger partial charge is 0.480 e. The van der Waals surface area contributed by atoms with Crippen LogP contribution in [0.5, 0.6) is 0 Å². The van der Waals surface area contributed by atoms with Gasteiger partial charge in [-0.15, -0.1) is 5.10 Å². The molecule has 7 nitrogen and oxygen atoms in total. The molecule has 0 spiro atoms. The van der Waals surface area contributed by atoms with E-state index in [2.05, 4.69) is 20.8 Å². The summed E-state index contributed by atoms with van der Waals surface area (Å²) in [6.45, 7) is 1.69. The molecule has 0 aliphatic heterocycles. The van der Waals surface area contributed by atoms with Gasteiger partial charge in [-0.05, 0) is 43.7 Å². The summed E-state index contributed by atoms with van der Waals surface area (Å²) in [5, 5.41) is 24.7. The lowest BCUT2D eigenvalue weighted by Gasteiger charge is -2.23. The molecule has 0 aromatic carbocycles. The van der Waals surface area contributed by atoms with Crippen molar-refractivity contribution in [2.45, 2.75) is 55.8 Å². The Hall–Kier alpha value is -1.15. The number of nitrogens with one attached hydrogen (secondary N) is 1. The lowest BCUT2D eigenvalue weighted by Crippen LogP contribution is -2.47. The van der Waals surface area contributed by atoms with Gasteiger partial charge in [-0.25, -0.2) is 4.68 Å². The van der Waals surface area contributed by atoms with E-state index in [1.807, 2.05) is 4.68 Å². The second kappa shape index (κ2) is 6.53. The predicted octanol–water partition coefficient (Wildman–Crippen LogP) is 1.33. The molecule has 1 aromatic heterocycles. The molecule has 2 N–H and O–H groups in total. The highest BCUT2D eigenvalue weighted by Crippen LogP contribution is 2.31. The van der Waals surface area contributed by atoms with E-state index < -0.39 is 11.5 Å². The number of tetrazole rings is 1. The highest BCUT2D eigenvalue weighted by atomic mass is 32.2. The molecule has 1 unspecified atom stereocenters. The molecule has 8 heteroatoms. The predicted molar refractivity (Wildman–Crippen MR) is 75.8 cm³/mol. The average molecular weight is 299 g/mol. The van der Waals surface area contributed by atoms with Crippen LogP contribution in [0.15, 0.2) is 5.16 Å². The molecule has 1 aliphatic carbocycles. The van der Waals surface area contributed by atoms with Gasteiger partial charge < -0.3 is 10.4 Å². The quantitative estimate of drug-likeness (QED) is 0.734. The maximum Gasteiger partial charge on any atom is 0.323 e. The van der Waals surface area contributed by atoms with E-state index >= 15 is 0 Å². The molecule has 1 fully saturated rings. The van der Waals surface area contributed by atoms with E-state index in [0.29, 0.717) is 18.2 Å². The molecule has 0 bridgehead atoms. The number of aliphatic carboxylic acids is 1. The standard InChI is InChI=1S/C12H21N5O2S/c1-12(13-2,10(18)19)7-8-20-11-14-15-16-17(11)9-5-3-4-6-9/h9,13H,3-8H2,1-2H3,(H,18,19). The average Bonchev–Trinajstić information content (AvgIpc) is 3.08. The molecule has 1 aromatic rings. The van der Waals surface area contributed by atoms with Gasteiger partial charge in [-0.1, -0.05) is 24.6 Å². The van der Waals surface area contributed by atoms with Crippen molar-refractivity contribution in [2.24, 2.45) is 0 Å². The first kappa shape index (κ1) is 15.2. The van der Waals surface area contributed by atoms with Crippen LogP contribution in [0.4, 0.5) is 0 Å². The van der Waals surface area contributed by atoms with Crippen LogP contribution in [0.3, 0.4) is 0 Å². The van der Waals surface area contributed by atoms with Crippen LogP contribution in [0.1, 0.15) is 45.1 Å². The molecule has 1 atom stereocenters. The Bertz CT molecular complexity index is 460. The Morgan fingerprint density at radius 2 is 2.25 bits per heavy atom. The molecule has 0 radical (unpaired) electrons. The summed E-state index contributed by atoms with van der Waals surface area (Å²) < 4.78 is 1.90. The van der Waals surface area contributed by atoms with Crippen LogP contribution in [0.25, 0.3) is 0 Å². The first-order valence-electron chi connectivity index (χ1n) is 6.90. The van der Waals surface area contributed by atoms with E-state index in [9.17, 15) is 9.90 Å². The number of rotatable bonds is 7. The van der Waals surface area contributed by atoms with E-state index in [0.717, 1.165) is 18.0 Å². The maximum atomic E-state index is 11.2. The monoisotopic (exact) mass is 299 g/mol. The zero-order valence-corrected chi connectivity index (χ0v) is 12.7. The maximum absolute atomic E-state index is 11.2. The minimum absolute atomic E-state index is 0.405. The van der Waals surface area contributed by atoms with Crippen LogP contribution in [-0.4, -0.2) is 49.6 Å². The third kappa shape index (κ3) is 3.29. The van der Waals surface area contributed by atoms with Crippen molar-refractivity contribution >= 4 is 17.7 Å². The van der Waals surface area contributed by atoms with Gasteiger partial charge in [-0.3, -0.25) is 4.79 Å². The van der Waals surface area contributed by atoms with Crippen molar-refractivity contribution in [3.63, 3.8) is 0 Å². The minimum Gasteiger partial charge on any atom is -0.480 e. The number of hydrogen-bond acceptors (Lipinski definition) is 6. The summed E-state index contributed by atoms with van der Waals surface area (Å²) in [5.74, 6) is -0.174. The van der Waals surface area contributed by atoms with Crippen molar-refractivity contribution < 1.29 is 9.90 Å². The topological polar surface area (TPSA) is 92.9 Å². The van der Waals surface area contributed by atoms with E-state index in [1.54, 1.807) is 14.0 Å². The number of aromatic nitrogens is 4. The summed E-state index contributed by atoms with van der Waals surface area (Å²) in [6.07, 6.45) is 5.22. The smallest absolute Gasteiger partial charge is 0.323 e. The third-order valence-corrected chi connectivity index (χ3v) is 4.93. The first-order valence-corrected chi connectivity index (χ1v) is 7.88. The fourth-order valence-corrected chi connectivity index (χ4v) is 3.45. The van der Waals surface area contributed by atoms with Crippen LogP contribution < -0.4 is 5.32 Å². The third-order valence-electron chi connectivity index (χ3n) is 3.99. The van der Waals surface area contributed by atoms with Crippen LogP contribution in [-0.2, 0) is 4.79 Å². The number of carboxylic acid groups (broad SMARTS) is 1. The van der Waals surface area contributed by atoms with Crippen molar-refractivity contribution in [2.75, 3.05) is 12.8 Å². The number of thioether (sulfide) groups is 1. The van der Waals surface area contributed by atoms with Crippen LogP contribution in [0.2, 0.25) is 0 Å². The van der Waals surface area contributed by atoms with E-state index in [-0.39, 0.29) is 0 Å². The Morgan fingerprint density at radius 1 is 1.55 bits per heavy atom. The molecule has 0 amide bonds. The lowest BCUT2D eigenvalue weighted by atomic mass is 10.00. The van der Waals surface area contributed by atoms with Gasteiger partial charge in [0.2, 0.25) is 5.16 Å². The van der Waals surface area contributed by atoms with Gasteiger partial charge in [0.15, 0.2) is 0 Å². The van der Waals surface area contributed by atoms with Gasteiger partial charge in [0, 0.05) is 5.75 Å². The summed E-state index contributed by atoms with van der Waals surface area (Å²) in [7, 11) is 1.67. The molecule has 1 saturated carbocycles. The fourth-order valence-electron chi connectivity index (χ4n) is 2.34. The van der Waals surface area contributed by atoms with Crippen molar-refractivity contribution in [3.05, 3.63) is 0 Å². The second-order valence-electron chi connectivity index (χ2n) is 5.33. The van der Waals surface area contributed by atoms with Gasteiger partial charge in [0.25, 0.3) is 0 Å². The van der Waals surface area contributed by atoms with E-state index in [4.69, 9.17) is 0 Å².